The average Bonchev–Trinajstić information content (AvgIpc) is 3.08. The number of piperazine rings is 1. The molecule has 250 valence electrons. The number of ether oxygens (including phenoxy) is 2. The Morgan fingerprint density at radius 1 is 0.875 bits per heavy atom. The molecular formula is C39H41F2N3O4. The van der Waals surface area contributed by atoms with E-state index in [2.05, 4.69) is 21.0 Å². The SMILES string of the molecule is C#Cc1cccc(C2C(C(=O)OCCC)=C(C)NC(C)=C2C(=O)OC(C)N2CCN(C(c3ccc(F)cc3)c3ccc(F)cc3)CC2)c1. The molecule has 2 heterocycles. The van der Waals surface area contributed by atoms with E-state index in [-0.39, 0.29) is 24.3 Å². The van der Waals surface area contributed by atoms with Gasteiger partial charge in [0, 0.05) is 43.1 Å². The summed E-state index contributed by atoms with van der Waals surface area (Å²) in [6.45, 7) is 10.0. The van der Waals surface area contributed by atoms with Crippen LogP contribution in [0.4, 0.5) is 8.78 Å². The highest BCUT2D eigenvalue weighted by atomic mass is 19.1. The van der Waals surface area contributed by atoms with Gasteiger partial charge in [-0.3, -0.25) is 9.80 Å². The maximum Gasteiger partial charge on any atom is 0.338 e. The fourth-order valence-electron chi connectivity index (χ4n) is 6.51. The maximum absolute atomic E-state index is 14.1. The fraction of sp³-hybridized carbons (Fsp3) is 0.333. The molecular weight excluding hydrogens is 612 g/mol. The minimum absolute atomic E-state index is 0.201. The summed E-state index contributed by atoms with van der Waals surface area (Å²) in [4.78, 5) is 31.8. The molecule has 5 rings (SSSR count). The molecule has 3 aromatic carbocycles. The summed E-state index contributed by atoms with van der Waals surface area (Å²) in [5, 5.41) is 3.21. The van der Waals surface area contributed by atoms with Crippen molar-refractivity contribution in [3.63, 3.8) is 0 Å². The monoisotopic (exact) mass is 653 g/mol. The lowest BCUT2D eigenvalue weighted by molar-refractivity contribution is -0.155. The molecule has 0 bridgehead atoms. The molecule has 1 fully saturated rings. The number of hydrogen-bond donors (Lipinski definition) is 1. The number of nitrogens with one attached hydrogen (secondary N) is 1. The largest absolute Gasteiger partial charge is 0.462 e. The zero-order chi connectivity index (χ0) is 34.4. The number of allylic oxidation sites excluding steroid dienone is 2. The number of nitrogens with zero attached hydrogens (tertiary/aromatic N) is 2. The van der Waals surface area contributed by atoms with Crippen molar-refractivity contribution in [3.05, 3.63) is 129 Å². The van der Waals surface area contributed by atoms with Gasteiger partial charge < -0.3 is 14.8 Å². The Kier molecular flexibility index (Phi) is 11.1. The Balaban J connectivity index is 1.35. The van der Waals surface area contributed by atoms with Crippen molar-refractivity contribution < 1.29 is 27.8 Å². The van der Waals surface area contributed by atoms with Gasteiger partial charge in [0.25, 0.3) is 0 Å². The van der Waals surface area contributed by atoms with E-state index in [1.165, 1.54) is 24.3 Å². The molecule has 1 N–H and O–H groups in total. The second kappa shape index (κ2) is 15.4. The summed E-state index contributed by atoms with van der Waals surface area (Å²) in [6.07, 6.45) is 5.79. The van der Waals surface area contributed by atoms with E-state index >= 15 is 0 Å². The molecule has 0 saturated carbocycles. The second-order valence-electron chi connectivity index (χ2n) is 12.1. The minimum Gasteiger partial charge on any atom is -0.462 e. The highest BCUT2D eigenvalue weighted by Gasteiger charge is 2.39. The zero-order valence-corrected chi connectivity index (χ0v) is 27.8. The van der Waals surface area contributed by atoms with Crippen molar-refractivity contribution in [1.29, 1.82) is 0 Å². The first-order chi connectivity index (χ1) is 23.1. The van der Waals surface area contributed by atoms with E-state index in [9.17, 15) is 18.4 Å². The molecule has 7 nitrogen and oxygen atoms in total. The van der Waals surface area contributed by atoms with Crippen LogP contribution in [0.1, 0.15) is 68.3 Å². The lowest BCUT2D eigenvalue weighted by Crippen LogP contribution is -2.51. The molecule has 2 aliphatic rings. The first kappa shape index (κ1) is 34.6. The summed E-state index contributed by atoms with van der Waals surface area (Å²) in [7, 11) is 0. The van der Waals surface area contributed by atoms with Crippen LogP contribution >= 0.6 is 0 Å². The van der Waals surface area contributed by atoms with Crippen LogP contribution in [0.5, 0.6) is 0 Å². The summed E-state index contributed by atoms with van der Waals surface area (Å²) >= 11 is 0. The fourth-order valence-corrected chi connectivity index (χ4v) is 6.51. The van der Waals surface area contributed by atoms with Gasteiger partial charge in [0.2, 0.25) is 0 Å². The van der Waals surface area contributed by atoms with Crippen LogP contribution in [0.25, 0.3) is 0 Å². The lowest BCUT2D eigenvalue weighted by atomic mass is 9.80. The van der Waals surface area contributed by atoms with Crippen molar-refractivity contribution in [2.24, 2.45) is 0 Å². The molecule has 0 amide bonds. The van der Waals surface area contributed by atoms with Crippen LogP contribution in [0.3, 0.4) is 0 Å². The van der Waals surface area contributed by atoms with Crippen LogP contribution in [0.2, 0.25) is 0 Å². The van der Waals surface area contributed by atoms with Crippen molar-refractivity contribution in [2.75, 3.05) is 32.8 Å². The van der Waals surface area contributed by atoms with Crippen LogP contribution in [0, 0.1) is 24.0 Å². The Bertz CT molecular complexity index is 1690. The van der Waals surface area contributed by atoms with Crippen molar-refractivity contribution in [1.82, 2.24) is 15.1 Å². The van der Waals surface area contributed by atoms with E-state index < -0.39 is 24.1 Å². The number of terminal acetylenes is 1. The van der Waals surface area contributed by atoms with Crippen molar-refractivity contribution in [2.45, 2.75) is 52.3 Å². The van der Waals surface area contributed by atoms with Gasteiger partial charge in [0.1, 0.15) is 11.6 Å². The topological polar surface area (TPSA) is 71.1 Å². The van der Waals surface area contributed by atoms with Gasteiger partial charge in [0.05, 0.1) is 29.7 Å². The predicted molar refractivity (Wildman–Crippen MR) is 180 cm³/mol. The van der Waals surface area contributed by atoms with Crippen LogP contribution in [0.15, 0.2) is 95.3 Å². The molecule has 9 heteroatoms. The Hall–Kier alpha value is -4.78. The van der Waals surface area contributed by atoms with Gasteiger partial charge in [-0.15, -0.1) is 6.42 Å². The van der Waals surface area contributed by atoms with Gasteiger partial charge in [-0.05, 0) is 80.3 Å². The van der Waals surface area contributed by atoms with Gasteiger partial charge >= 0.3 is 11.9 Å². The lowest BCUT2D eigenvalue weighted by Gasteiger charge is -2.41. The Morgan fingerprint density at radius 3 is 1.96 bits per heavy atom. The van der Waals surface area contributed by atoms with E-state index in [0.717, 1.165) is 11.1 Å². The average molecular weight is 654 g/mol. The minimum atomic E-state index is -0.743. The number of benzene rings is 3. The quantitative estimate of drug-likeness (QED) is 0.200. The number of dihydropyridines is 1. The third-order valence-corrected chi connectivity index (χ3v) is 8.90. The Labute approximate surface area is 281 Å². The number of carbonyl (C=O) groups excluding carboxylic acids is 2. The molecule has 0 aromatic heterocycles. The highest BCUT2D eigenvalue weighted by Crippen LogP contribution is 2.40. The molecule has 3 aromatic rings. The van der Waals surface area contributed by atoms with E-state index in [1.54, 1.807) is 50.2 Å². The third kappa shape index (κ3) is 7.67. The predicted octanol–water partition coefficient (Wildman–Crippen LogP) is 6.43. The van der Waals surface area contributed by atoms with Gasteiger partial charge in [0.15, 0.2) is 6.23 Å². The second-order valence-corrected chi connectivity index (χ2v) is 12.1. The number of rotatable bonds is 10. The number of esters is 2. The molecule has 2 unspecified atom stereocenters. The van der Waals surface area contributed by atoms with Crippen molar-refractivity contribution >= 4 is 11.9 Å². The normalized spacial score (nSPS) is 17.9. The van der Waals surface area contributed by atoms with Gasteiger partial charge in [-0.25, -0.2) is 18.4 Å². The van der Waals surface area contributed by atoms with Gasteiger partial charge in [-0.1, -0.05) is 49.2 Å². The van der Waals surface area contributed by atoms with E-state index in [0.29, 0.717) is 66.3 Å². The Morgan fingerprint density at radius 2 is 1.42 bits per heavy atom. The first-order valence-electron chi connectivity index (χ1n) is 16.2. The summed E-state index contributed by atoms with van der Waals surface area (Å²) in [5.74, 6) is 0.203. The molecule has 48 heavy (non-hydrogen) atoms. The summed E-state index contributed by atoms with van der Waals surface area (Å²) < 4.78 is 39.2. The number of hydrogen-bond acceptors (Lipinski definition) is 7. The zero-order valence-electron chi connectivity index (χ0n) is 27.8. The molecule has 2 aliphatic heterocycles. The number of carbonyl (C=O) groups is 2. The molecule has 0 spiro atoms. The van der Waals surface area contributed by atoms with E-state index in [4.69, 9.17) is 15.9 Å². The van der Waals surface area contributed by atoms with Crippen LogP contribution in [-0.2, 0) is 19.1 Å². The molecule has 2 atom stereocenters. The van der Waals surface area contributed by atoms with Gasteiger partial charge in [-0.2, -0.15) is 0 Å². The molecule has 0 radical (unpaired) electrons. The van der Waals surface area contributed by atoms with Crippen molar-refractivity contribution in [3.8, 4) is 12.3 Å². The molecule has 1 saturated heterocycles. The summed E-state index contributed by atoms with van der Waals surface area (Å²) in [5.41, 5.74) is 4.96. The highest BCUT2D eigenvalue weighted by molar-refractivity contribution is 6.00. The smallest absolute Gasteiger partial charge is 0.338 e. The first-order valence-corrected chi connectivity index (χ1v) is 16.2. The maximum atomic E-state index is 14.1. The molecule has 0 aliphatic carbocycles. The third-order valence-electron chi connectivity index (χ3n) is 8.90. The summed E-state index contributed by atoms with van der Waals surface area (Å²) in [6, 6.07) is 19.8. The van der Waals surface area contributed by atoms with Crippen LogP contribution in [-0.4, -0.2) is 60.8 Å². The van der Waals surface area contributed by atoms with Crippen LogP contribution < -0.4 is 5.32 Å². The van der Waals surface area contributed by atoms with E-state index in [1.807, 2.05) is 26.0 Å². The number of halogens is 2. The standard InChI is InChI=1S/C39H41F2N3O4/c1-6-23-47-38(45)34-25(3)42-26(4)35(36(34)31-10-8-9-28(7-2)24-31)39(46)48-27(5)43-19-21-44(22-20-43)37(29-11-15-32(40)16-12-29)30-13-17-33(41)18-14-30/h2,8-18,24,27,36-37,42H,6,19-23H2,1,3-5H3.